The van der Waals surface area contributed by atoms with Crippen molar-refractivity contribution in [2.75, 3.05) is 26.3 Å². The molecule has 2 fully saturated rings. The summed E-state index contributed by atoms with van der Waals surface area (Å²) in [5.41, 5.74) is 6.40. The van der Waals surface area contributed by atoms with Crippen molar-refractivity contribution < 1.29 is 14.6 Å². The molecular weight excluding hydrogens is 363 g/mol. The molecule has 25 heavy (non-hydrogen) atoms. The fraction of sp³-hybridized carbons (Fsp3) is 0.611. The Morgan fingerprint density at radius 1 is 1.24 bits per heavy atom. The molecule has 1 aromatic rings. The molecular formula is C18H26Cl2N2O3. The van der Waals surface area contributed by atoms with E-state index < -0.39 is 11.6 Å². The first-order valence-corrected chi connectivity index (χ1v) is 8.97. The number of carbonyl (C=O) groups is 1. The molecule has 0 saturated carbocycles. The molecule has 1 aromatic carbocycles. The maximum Gasteiger partial charge on any atom is 0.242 e. The lowest BCUT2D eigenvalue weighted by atomic mass is 9.85. The molecule has 2 aliphatic rings. The second kappa shape index (κ2) is 8.69. The maximum atomic E-state index is 12.7. The standard InChI is InChI=1S/C18H25ClN2O3.ClH/c19-15-3-1-13(2-4-15)16(22)14-5-9-21(10-6-14)17(23)18(20)7-11-24-12-8-18;/h1-4,14,16,22H,5-12,20H2;1H. The van der Waals surface area contributed by atoms with Crippen LogP contribution in [0, 0.1) is 5.92 Å². The predicted molar refractivity (Wildman–Crippen MR) is 99.9 cm³/mol. The van der Waals surface area contributed by atoms with E-state index in [0.717, 1.165) is 18.4 Å². The number of likely N-dealkylation sites (tertiary alicyclic amines) is 1. The number of benzene rings is 1. The number of nitrogens with two attached hydrogens (primary N) is 1. The zero-order valence-corrected chi connectivity index (χ0v) is 15.8. The Morgan fingerprint density at radius 2 is 1.80 bits per heavy atom. The summed E-state index contributed by atoms with van der Waals surface area (Å²) in [6, 6.07) is 7.31. The van der Waals surface area contributed by atoms with Crippen LogP contribution in [0.4, 0.5) is 0 Å². The van der Waals surface area contributed by atoms with E-state index in [1.54, 1.807) is 12.1 Å². The lowest BCUT2D eigenvalue weighted by Gasteiger charge is -2.40. The van der Waals surface area contributed by atoms with Crippen molar-refractivity contribution >= 4 is 29.9 Å². The highest BCUT2D eigenvalue weighted by Gasteiger charge is 2.40. The largest absolute Gasteiger partial charge is 0.388 e. The van der Waals surface area contributed by atoms with Crippen LogP contribution in [0.3, 0.4) is 0 Å². The van der Waals surface area contributed by atoms with Gasteiger partial charge in [0.25, 0.3) is 0 Å². The summed E-state index contributed by atoms with van der Waals surface area (Å²) < 4.78 is 5.32. The zero-order chi connectivity index (χ0) is 17.2. The summed E-state index contributed by atoms with van der Waals surface area (Å²) >= 11 is 5.90. The van der Waals surface area contributed by atoms with Crippen molar-refractivity contribution in [2.24, 2.45) is 11.7 Å². The molecule has 1 unspecified atom stereocenters. The molecule has 3 rings (SSSR count). The minimum atomic E-state index is -0.778. The van der Waals surface area contributed by atoms with Crippen molar-refractivity contribution in [3.8, 4) is 0 Å². The number of hydrogen-bond acceptors (Lipinski definition) is 4. The van der Waals surface area contributed by atoms with Crippen molar-refractivity contribution in [1.29, 1.82) is 0 Å². The van der Waals surface area contributed by atoms with E-state index in [2.05, 4.69) is 0 Å². The fourth-order valence-corrected chi connectivity index (χ4v) is 3.74. The van der Waals surface area contributed by atoms with Gasteiger partial charge in [0.15, 0.2) is 0 Å². The molecule has 0 bridgehead atoms. The normalized spacial score (nSPS) is 22.1. The van der Waals surface area contributed by atoms with Crippen molar-refractivity contribution in [3.63, 3.8) is 0 Å². The van der Waals surface area contributed by atoms with Gasteiger partial charge in [-0.2, -0.15) is 0 Å². The van der Waals surface area contributed by atoms with Crippen LogP contribution in [0.5, 0.6) is 0 Å². The lowest BCUT2D eigenvalue weighted by Crippen LogP contribution is -2.59. The summed E-state index contributed by atoms with van der Waals surface area (Å²) in [7, 11) is 0. The summed E-state index contributed by atoms with van der Waals surface area (Å²) in [6.07, 6.45) is 2.21. The molecule has 2 saturated heterocycles. The minimum absolute atomic E-state index is 0. The van der Waals surface area contributed by atoms with Gasteiger partial charge in [0, 0.05) is 31.3 Å². The molecule has 0 aliphatic carbocycles. The highest BCUT2D eigenvalue weighted by molar-refractivity contribution is 6.30. The van der Waals surface area contributed by atoms with Gasteiger partial charge < -0.3 is 20.5 Å². The van der Waals surface area contributed by atoms with Gasteiger partial charge in [-0.05, 0) is 49.3 Å². The van der Waals surface area contributed by atoms with Crippen LogP contribution in [-0.2, 0) is 9.53 Å². The SMILES string of the molecule is Cl.NC1(C(=O)N2CCC(C(O)c3ccc(Cl)cc3)CC2)CCOCC1. The van der Waals surface area contributed by atoms with Crippen LogP contribution in [0.2, 0.25) is 5.02 Å². The van der Waals surface area contributed by atoms with Gasteiger partial charge in [-0.15, -0.1) is 12.4 Å². The second-order valence-corrected chi connectivity index (χ2v) is 7.33. The third-order valence-electron chi connectivity index (χ3n) is 5.30. The van der Waals surface area contributed by atoms with Crippen LogP contribution in [0.15, 0.2) is 24.3 Å². The third kappa shape index (κ3) is 4.66. The number of aliphatic hydroxyl groups excluding tert-OH is 1. The number of nitrogens with zero attached hydrogens (tertiary/aromatic N) is 1. The highest BCUT2D eigenvalue weighted by atomic mass is 35.5. The first-order valence-electron chi connectivity index (χ1n) is 8.59. The van der Waals surface area contributed by atoms with Gasteiger partial charge in [0.05, 0.1) is 11.6 Å². The van der Waals surface area contributed by atoms with Gasteiger partial charge in [-0.1, -0.05) is 23.7 Å². The number of rotatable bonds is 3. The van der Waals surface area contributed by atoms with Crippen molar-refractivity contribution in [2.45, 2.75) is 37.3 Å². The topological polar surface area (TPSA) is 75.8 Å². The molecule has 3 N–H and O–H groups in total. The third-order valence-corrected chi connectivity index (χ3v) is 5.55. The van der Waals surface area contributed by atoms with Crippen LogP contribution in [-0.4, -0.2) is 47.8 Å². The number of piperidine rings is 1. The lowest BCUT2D eigenvalue weighted by molar-refractivity contribution is -0.142. The number of halogens is 2. The van der Waals surface area contributed by atoms with E-state index in [1.165, 1.54) is 0 Å². The van der Waals surface area contributed by atoms with Crippen molar-refractivity contribution in [3.05, 3.63) is 34.9 Å². The smallest absolute Gasteiger partial charge is 0.242 e. The van der Waals surface area contributed by atoms with Crippen LogP contribution < -0.4 is 5.73 Å². The average molecular weight is 389 g/mol. The summed E-state index contributed by atoms with van der Waals surface area (Å²) in [5, 5.41) is 11.2. The quantitative estimate of drug-likeness (QED) is 0.833. The molecule has 2 aliphatic heterocycles. The van der Waals surface area contributed by atoms with Crippen molar-refractivity contribution in [1.82, 2.24) is 4.90 Å². The molecule has 1 atom stereocenters. The Hall–Kier alpha value is -0.850. The Morgan fingerprint density at radius 3 is 2.36 bits per heavy atom. The van der Waals surface area contributed by atoms with Crippen LogP contribution in [0.25, 0.3) is 0 Å². The Balaban J connectivity index is 0.00000225. The number of carbonyl (C=O) groups excluding carboxylic acids is 1. The van der Waals surface area contributed by atoms with Gasteiger partial charge in [0.1, 0.15) is 0 Å². The Kier molecular flexibility index (Phi) is 7.11. The van der Waals surface area contributed by atoms with E-state index in [0.29, 0.717) is 44.2 Å². The maximum absolute atomic E-state index is 12.7. The van der Waals surface area contributed by atoms with E-state index in [4.69, 9.17) is 22.1 Å². The highest BCUT2D eigenvalue weighted by Crippen LogP contribution is 2.32. The fourth-order valence-electron chi connectivity index (χ4n) is 3.61. The van der Waals surface area contributed by atoms with Gasteiger partial charge in [-0.3, -0.25) is 4.79 Å². The molecule has 5 nitrogen and oxygen atoms in total. The average Bonchev–Trinajstić information content (AvgIpc) is 2.62. The number of ether oxygens (including phenoxy) is 1. The second-order valence-electron chi connectivity index (χ2n) is 6.89. The van der Waals surface area contributed by atoms with E-state index >= 15 is 0 Å². The first kappa shape index (κ1) is 20.5. The van der Waals surface area contributed by atoms with E-state index in [9.17, 15) is 9.90 Å². The van der Waals surface area contributed by atoms with Gasteiger partial charge >= 0.3 is 0 Å². The van der Waals surface area contributed by atoms with Gasteiger partial charge in [-0.25, -0.2) is 0 Å². The zero-order valence-electron chi connectivity index (χ0n) is 14.2. The van der Waals surface area contributed by atoms with Crippen LogP contribution in [0.1, 0.15) is 37.4 Å². The van der Waals surface area contributed by atoms with E-state index in [1.807, 2.05) is 17.0 Å². The monoisotopic (exact) mass is 388 g/mol. The Labute approximate surface area is 159 Å². The number of hydrogen-bond donors (Lipinski definition) is 2. The molecule has 0 spiro atoms. The minimum Gasteiger partial charge on any atom is -0.388 e. The summed E-state index contributed by atoms with van der Waals surface area (Å²) in [5.74, 6) is 0.184. The molecule has 140 valence electrons. The molecule has 0 radical (unpaired) electrons. The number of amides is 1. The molecule has 2 heterocycles. The first-order chi connectivity index (χ1) is 11.5. The van der Waals surface area contributed by atoms with Gasteiger partial charge in [0.2, 0.25) is 5.91 Å². The summed E-state index contributed by atoms with van der Waals surface area (Å²) in [6.45, 7) is 2.39. The Bertz CT molecular complexity index is 568. The van der Waals surface area contributed by atoms with Crippen LogP contribution >= 0.6 is 24.0 Å². The molecule has 7 heteroatoms. The number of aliphatic hydroxyl groups is 1. The predicted octanol–water partition coefficient (Wildman–Crippen LogP) is 2.54. The van der Waals surface area contributed by atoms with E-state index in [-0.39, 0.29) is 24.2 Å². The molecule has 0 aromatic heterocycles. The summed E-state index contributed by atoms with van der Waals surface area (Å²) in [4.78, 5) is 14.6. The molecule has 1 amide bonds.